The van der Waals surface area contributed by atoms with E-state index in [0.29, 0.717) is 11.5 Å². The Balaban J connectivity index is 1.45. The van der Waals surface area contributed by atoms with Gasteiger partial charge >= 0.3 is 5.69 Å². The van der Waals surface area contributed by atoms with E-state index in [1.165, 1.54) is 41.3 Å². The maximum atomic E-state index is 12.8. The molecule has 1 aliphatic carbocycles. The van der Waals surface area contributed by atoms with Gasteiger partial charge in [-0.2, -0.15) is 4.31 Å². The lowest BCUT2D eigenvalue weighted by Gasteiger charge is -2.26. The molecule has 1 aliphatic heterocycles. The molecular weight excluding hydrogens is 460 g/mol. The summed E-state index contributed by atoms with van der Waals surface area (Å²) in [6.45, 7) is 0.516. The first-order valence-corrected chi connectivity index (χ1v) is 12.9. The Morgan fingerprint density at radius 2 is 1.74 bits per heavy atom. The summed E-state index contributed by atoms with van der Waals surface area (Å²) in [5, 5.41) is 11.6. The number of morpholine rings is 1. The number of nitro groups is 1. The van der Waals surface area contributed by atoms with Gasteiger partial charge in [0.1, 0.15) is 0 Å². The zero-order valence-electron chi connectivity index (χ0n) is 18.9. The highest BCUT2D eigenvalue weighted by molar-refractivity contribution is 7.89. The third-order valence-electron chi connectivity index (χ3n) is 6.40. The molecule has 2 fully saturated rings. The van der Waals surface area contributed by atoms with Gasteiger partial charge in [-0.3, -0.25) is 14.9 Å². The van der Waals surface area contributed by atoms with Crippen LogP contribution in [0.4, 0.5) is 5.69 Å². The van der Waals surface area contributed by atoms with Gasteiger partial charge in [0, 0.05) is 24.7 Å². The topological polar surface area (TPSA) is 116 Å². The number of sulfonamides is 1. The molecule has 1 heterocycles. The number of ketones is 1. The van der Waals surface area contributed by atoms with Gasteiger partial charge in [0.05, 0.1) is 23.0 Å². The average Bonchev–Trinajstić information content (AvgIpc) is 2.88. The van der Waals surface area contributed by atoms with Crippen molar-refractivity contribution >= 4 is 21.5 Å². The summed E-state index contributed by atoms with van der Waals surface area (Å²) in [6, 6.07) is 10.9. The summed E-state index contributed by atoms with van der Waals surface area (Å²) < 4.78 is 37.5. The number of benzene rings is 2. The Morgan fingerprint density at radius 3 is 2.38 bits per heavy atom. The van der Waals surface area contributed by atoms with Crippen LogP contribution in [0.2, 0.25) is 0 Å². The summed E-state index contributed by atoms with van der Waals surface area (Å²) in [5.41, 5.74) is 1.19. The summed E-state index contributed by atoms with van der Waals surface area (Å²) in [7, 11) is -3.90. The lowest BCUT2D eigenvalue weighted by atomic mass is 9.84. The number of ether oxygens (including phenoxy) is 2. The molecule has 0 atom stereocenters. The molecule has 1 saturated carbocycles. The average molecular weight is 489 g/mol. The molecule has 0 unspecified atom stereocenters. The highest BCUT2D eigenvalue weighted by Gasteiger charge is 2.29. The molecule has 1 saturated heterocycles. The second-order valence-electron chi connectivity index (χ2n) is 8.57. The van der Waals surface area contributed by atoms with Crippen LogP contribution in [0, 0.1) is 10.1 Å². The minimum absolute atomic E-state index is 0.155. The van der Waals surface area contributed by atoms with E-state index in [2.05, 4.69) is 0 Å². The predicted octanol–water partition coefficient (Wildman–Crippen LogP) is 3.93. The molecular formula is C24H28N2O7S. The van der Waals surface area contributed by atoms with E-state index >= 15 is 0 Å². The van der Waals surface area contributed by atoms with Crippen molar-refractivity contribution in [3.8, 4) is 5.75 Å². The van der Waals surface area contributed by atoms with Crippen LogP contribution in [0.15, 0.2) is 47.4 Å². The second-order valence-corrected chi connectivity index (χ2v) is 10.5. The van der Waals surface area contributed by atoms with Crippen LogP contribution in [-0.2, 0) is 14.8 Å². The number of hydrogen-bond acceptors (Lipinski definition) is 7. The number of hydrogen-bond donors (Lipinski definition) is 0. The highest BCUT2D eigenvalue weighted by Crippen LogP contribution is 2.33. The number of Topliss-reactive ketones (excluding diaryl/α,β-unsaturated/α-hetero) is 1. The van der Waals surface area contributed by atoms with Crippen LogP contribution >= 0.6 is 0 Å². The fourth-order valence-electron chi connectivity index (χ4n) is 4.46. The Bertz CT molecular complexity index is 1140. The number of nitro benzene ring substituents is 1. The van der Waals surface area contributed by atoms with Gasteiger partial charge in [-0.05, 0) is 36.5 Å². The lowest BCUT2D eigenvalue weighted by molar-refractivity contribution is -0.386. The standard InChI is InChI=1S/C24H28N2O7S/c27-23(20-8-6-19(7-9-20)18-4-2-1-3-5-18)17-33-24-11-10-21(16-22(24)26(28)29)34(30,31)25-12-14-32-15-13-25/h6-11,16,18H,1-5,12-15,17H2. The SMILES string of the molecule is O=C(COc1ccc(S(=O)(=O)N2CCOCC2)cc1[N+](=O)[O-])c1ccc(C2CCCCC2)cc1. The monoisotopic (exact) mass is 488 g/mol. The van der Waals surface area contributed by atoms with Crippen molar-refractivity contribution in [1.29, 1.82) is 0 Å². The molecule has 34 heavy (non-hydrogen) atoms. The molecule has 4 rings (SSSR count). The number of carbonyl (C=O) groups is 1. The molecule has 9 nitrogen and oxygen atoms in total. The smallest absolute Gasteiger partial charge is 0.312 e. The van der Waals surface area contributed by atoms with E-state index in [1.807, 2.05) is 12.1 Å². The summed E-state index contributed by atoms with van der Waals surface area (Å²) in [5.74, 6) is 0.0664. The molecule has 2 aliphatic rings. The first-order valence-electron chi connectivity index (χ1n) is 11.5. The van der Waals surface area contributed by atoms with Crippen LogP contribution in [0.3, 0.4) is 0 Å². The van der Waals surface area contributed by atoms with Crippen LogP contribution in [0.5, 0.6) is 5.75 Å². The number of nitrogens with zero attached hydrogens (tertiary/aromatic N) is 2. The Morgan fingerprint density at radius 1 is 1.06 bits per heavy atom. The molecule has 2 aromatic carbocycles. The minimum atomic E-state index is -3.90. The zero-order valence-corrected chi connectivity index (χ0v) is 19.7. The second kappa shape index (κ2) is 10.6. The van der Waals surface area contributed by atoms with E-state index < -0.39 is 20.6 Å². The number of rotatable bonds is 8. The van der Waals surface area contributed by atoms with E-state index in [4.69, 9.17) is 9.47 Å². The molecule has 0 amide bonds. The van der Waals surface area contributed by atoms with Crippen molar-refractivity contribution in [2.24, 2.45) is 0 Å². The third kappa shape index (κ3) is 5.45. The van der Waals surface area contributed by atoms with Gasteiger partial charge in [-0.1, -0.05) is 43.5 Å². The van der Waals surface area contributed by atoms with Crippen LogP contribution in [0.1, 0.15) is 53.9 Å². The zero-order chi connectivity index (χ0) is 24.1. The Hall–Kier alpha value is -2.82. The normalized spacial score (nSPS) is 17.9. The lowest BCUT2D eigenvalue weighted by Crippen LogP contribution is -2.40. The maximum Gasteiger partial charge on any atom is 0.312 e. The molecule has 182 valence electrons. The Kier molecular flexibility index (Phi) is 7.60. The van der Waals surface area contributed by atoms with Crippen molar-refractivity contribution in [2.75, 3.05) is 32.9 Å². The molecule has 2 aromatic rings. The van der Waals surface area contributed by atoms with Crippen molar-refractivity contribution < 1.29 is 27.6 Å². The number of carbonyl (C=O) groups excluding carboxylic acids is 1. The van der Waals surface area contributed by atoms with Gasteiger partial charge in [-0.25, -0.2) is 8.42 Å². The van der Waals surface area contributed by atoms with Gasteiger partial charge in [0.15, 0.2) is 18.1 Å². The molecule has 0 aromatic heterocycles. The van der Waals surface area contributed by atoms with E-state index in [9.17, 15) is 23.3 Å². The van der Waals surface area contributed by atoms with Crippen molar-refractivity contribution in [3.63, 3.8) is 0 Å². The van der Waals surface area contributed by atoms with Crippen molar-refractivity contribution in [3.05, 3.63) is 63.7 Å². The summed E-state index contributed by atoms with van der Waals surface area (Å²) in [4.78, 5) is 23.3. The van der Waals surface area contributed by atoms with Crippen molar-refractivity contribution in [1.82, 2.24) is 4.31 Å². The molecule has 0 radical (unpaired) electrons. The summed E-state index contributed by atoms with van der Waals surface area (Å²) >= 11 is 0. The molecule has 10 heteroatoms. The molecule has 0 spiro atoms. The van der Waals surface area contributed by atoms with Crippen LogP contribution in [0.25, 0.3) is 0 Å². The van der Waals surface area contributed by atoms with Crippen LogP contribution < -0.4 is 4.74 Å². The molecule has 0 N–H and O–H groups in total. The largest absolute Gasteiger partial charge is 0.478 e. The summed E-state index contributed by atoms with van der Waals surface area (Å²) in [6.07, 6.45) is 6.06. The van der Waals surface area contributed by atoms with Gasteiger partial charge in [0.2, 0.25) is 10.0 Å². The first-order chi connectivity index (χ1) is 16.4. The van der Waals surface area contributed by atoms with Gasteiger partial charge in [-0.15, -0.1) is 0 Å². The van der Waals surface area contributed by atoms with E-state index in [-0.39, 0.29) is 49.3 Å². The highest BCUT2D eigenvalue weighted by atomic mass is 32.2. The quantitative estimate of drug-likeness (QED) is 0.314. The van der Waals surface area contributed by atoms with Gasteiger partial charge in [0.25, 0.3) is 0 Å². The maximum absolute atomic E-state index is 12.8. The fraction of sp³-hybridized carbons (Fsp3) is 0.458. The Labute approximate surface area is 198 Å². The van der Waals surface area contributed by atoms with Gasteiger partial charge < -0.3 is 9.47 Å². The minimum Gasteiger partial charge on any atom is -0.478 e. The van der Waals surface area contributed by atoms with E-state index in [0.717, 1.165) is 18.9 Å². The fourth-order valence-corrected chi connectivity index (χ4v) is 5.89. The predicted molar refractivity (Wildman–Crippen MR) is 125 cm³/mol. The third-order valence-corrected chi connectivity index (χ3v) is 8.30. The molecule has 0 bridgehead atoms. The van der Waals surface area contributed by atoms with Crippen molar-refractivity contribution in [2.45, 2.75) is 42.9 Å². The first kappa shape index (κ1) is 24.3. The van der Waals surface area contributed by atoms with Crippen LogP contribution in [-0.4, -0.2) is 56.3 Å². The van der Waals surface area contributed by atoms with E-state index in [1.54, 1.807) is 12.1 Å².